The summed E-state index contributed by atoms with van der Waals surface area (Å²) in [7, 11) is 1.70. The zero-order valence-electron chi connectivity index (χ0n) is 15.5. The number of fused-ring (bicyclic) bond motifs is 1. The Morgan fingerprint density at radius 2 is 2.08 bits per heavy atom. The molecule has 2 fully saturated rings. The Morgan fingerprint density at radius 3 is 2.73 bits per heavy atom. The molecule has 1 spiro atoms. The third-order valence-electron chi connectivity index (χ3n) is 6.05. The van der Waals surface area contributed by atoms with Crippen LogP contribution in [0, 0.1) is 19.3 Å². The Bertz CT molecular complexity index is 841. The second kappa shape index (κ2) is 6.28. The number of aromatic nitrogens is 4. The fourth-order valence-electron chi connectivity index (χ4n) is 4.41. The van der Waals surface area contributed by atoms with Crippen molar-refractivity contribution in [2.45, 2.75) is 51.7 Å². The van der Waals surface area contributed by atoms with E-state index in [0.29, 0.717) is 31.1 Å². The maximum absolute atomic E-state index is 12.7. The van der Waals surface area contributed by atoms with Gasteiger partial charge in [-0.05, 0) is 32.8 Å². The lowest BCUT2D eigenvalue weighted by Crippen LogP contribution is -2.62. The van der Waals surface area contributed by atoms with Gasteiger partial charge < -0.3 is 14.7 Å². The summed E-state index contributed by atoms with van der Waals surface area (Å²) in [6, 6.07) is 1.94. The highest BCUT2D eigenvalue weighted by Crippen LogP contribution is 2.50. The number of carbonyl (C=O) groups is 1. The number of carbonyl (C=O) groups excluding carboxylic acids is 1. The largest absolute Gasteiger partial charge is 0.392 e. The van der Waals surface area contributed by atoms with Crippen LogP contribution < -0.4 is 0 Å². The number of likely N-dealkylation sites (tertiary alicyclic amines) is 1. The number of piperidine rings is 1. The molecule has 1 saturated carbocycles. The van der Waals surface area contributed by atoms with Crippen LogP contribution in [0.2, 0.25) is 0 Å². The summed E-state index contributed by atoms with van der Waals surface area (Å²) < 4.78 is 7.18. The van der Waals surface area contributed by atoms with Crippen molar-refractivity contribution in [2.75, 3.05) is 20.2 Å². The Kier molecular flexibility index (Phi) is 4.19. The maximum Gasteiger partial charge on any atom is 0.252 e. The van der Waals surface area contributed by atoms with Crippen molar-refractivity contribution in [2.24, 2.45) is 5.41 Å². The summed E-state index contributed by atoms with van der Waals surface area (Å²) >= 11 is 0. The molecular formula is C18H25N5O3. The molecule has 3 heterocycles. The van der Waals surface area contributed by atoms with E-state index in [9.17, 15) is 9.90 Å². The normalized spacial score (nSPS) is 24.8. The summed E-state index contributed by atoms with van der Waals surface area (Å²) in [5.74, 6) is 1.05. The number of ether oxygens (including phenoxy) is 1. The molecule has 2 aromatic rings. The average molecular weight is 359 g/mol. The lowest BCUT2D eigenvalue weighted by molar-refractivity contribution is -0.202. The number of hydrogen-bond donors (Lipinski definition) is 1. The van der Waals surface area contributed by atoms with E-state index >= 15 is 0 Å². The molecule has 26 heavy (non-hydrogen) atoms. The van der Waals surface area contributed by atoms with Gasteiger partial charge in [-0.25, -0.2) is 9.50 Å². The number of rotatable bonds is 3. The summed E-state index contributed by atoms with van der Waals surface area (Å²) in [6.45, 7) is 5.14. The average Bonchev–Trinajstić information content (AvgIpc) is 3.02. The molecule has 1 amide bonds. The van der Waals surface area contributed by atoms with Gasteiger partial charge in [0.2, 0.25) is 5.91 Å². The van der Waals surface area contributed by atoms with Crippen LogP contribution >= 0.6 is 0 Å². The molecular weight excluding hydrogens is 334 g/mol. The molecule has 2 aliphatic rings. The molecule has 1 N–H and O–H groups in total. The van der Waals surface area contributed by atoms with E-state index in [4.69, 9.17) is 4.74 Å². The quantitative estimate of drug-likeness (QED) is 0.866. The summed E-state index contributed by atoms with van der Waals surface area (Å²) in [5, 5.41) is 14.6. The maximum atomic E-state index is 12.7. The van der Waals surface area contributed by atoms with Crippen LogP contribution in [0.3, 0.4) is 0 Å². The van der Waals surface area contributed by atoms with Crippen molar-refractivity contribution in [3.8, 4) is 0 Å². The molecule has 2 aromatic heterocycles. The van der Waals surface area contributed by atoms with E-state index in [2.05, 4.69) is 15.1 Å². The van der Waals surface area contributed by atoms with Crippen LogP contribution in [0.25, 0.3) is 5.78 Å². The number of nitrogens with zero attached hydrogens (tertiary/aromatic N) is 5. The molecule has 2 atom stereocenters. The molecule has 4 rings (SSSR count). The molecule has 8 heteroatoms. The molecule has 1 aliphatic heterocycles. The van der Waals surface area contributed by atoms with Gasteiger partial charge in [-0.2, -0.15) is 4.98 Å². The first-order valence-electron chi connectivity index (χ1n) is 9.11. The SMILES string of the molecule is COC1CC(O)C12CCN(C(=O)Cc1nc3nc(C)cc(C)n3n1)CC2. The van der Waals surface area contributed by atoms with Gasteiger partial charge in [0.25, 0.3) is 5.78 Å². The van der Waals surface area contributed by atoms with Gasteiger partial charge in [0, 0.05) is 43.4 Å². The third kappa shape index (κ3) is 2.68. The molecule has 0 bridgehead atoms. The molecule has 2 unspecified atom stereocenters. The van der Waals surface area contributed by atoms with Crippen LogP contribution in [0.15, 0.2) is 6.07 Å². The highest BCUT2D eigenvalue weighted by Gasteiger charge is 2.56. The zero-order valence-corrected chi connectivity index (χ0v) is 15.5. The highest BCUT2D eigenvalue weighted by molar-refractivity contribution is 5.78. The van der Waals surface area contributed by atoms with Crippen LogP contribution in [0.1, 0.15) is 36.5 Å². The lowest BCUT2D eigenvalue weighted by atomic mass is 9.58. The van der Waals surface area contributed by atoms with Gasteiger partial charge >= 0.3 is 0 Å². The Hall–Kier alpha value is -2.06. The molecule has 0 radical (unpaired) electrons. The van der Waals surface area contributed by atoms with Crippen molar-refractivity contribution in [3.63, 3.8) is 0 Å². The van der Waals surface area contributed by atoms with E-state index in [0.717, 1.165) is 24.2 Å². The van der Waals surface area contributed by atoms with Gasteiger partial charge in [0.05, 0.1) is 18.6 Å². The third-order valence-corrected chi connectivity index (χ3v) is 6.05. The van der Waals surface area contributed by atoms with Crippen molar-refractivity contribution in [3.05, 3.63) is 23.3 Å². The van der Waals surface area contributed by atoms with Crippen LogP contribution in [-0.4, -0.2) is 67.9 Å². The van der Waals surface area contributed by atoms with Gasteiger partial charge in [0.15, 0.2) is 5.82 Å². The van der Waals surface area contributed by atoms with E-state index in [1.807, 2.05) is 24.8 Å². The number of aliphatic hydroxyl groups is 1. The summed E-state index contributed by atoms with van der Waals surface area (Å²) in [5.41, 5.74) is 1.65. The Balaban J connectivity index is 1.43. The smallest absolute Gasteiger partial charge is 0.252 e. The Labute approximate surface area is 152 Å². The summed E-state index contributed by atoms with van der Waals surface area (Å²) in [6.07, 6.45) is 2.20. The lowest BCUT2D eigenvalue weighted by Gasteiger charge is -2.56. The van der Waals surface area contributed by atoms with Gasteiger partial charge in [-0.15, -0.1) is 5.10 Å². The van der Waals surface area contributed by atoms with Crippen LogP contribution in [-0.2, 0) is 16.0 Å². The molecule has 8 nitrogen and oxygen atoms in total. The fraction of sp³-hybridized carbons (Fsp3) is 0.667. The molecule has 140 valence electrons. The predicted molar refractivity (Wildman–Crippen MR) is 93.6 cm³/mol. The van der Waals surface area contributed by atoms with E-state index in [1.54, 1.807) is 11.6 Å². The standard InChI is InChI=1S/C18H25N5O3/c1-11-8-12(2)23-17(19-11)20-15(21-23)10-16(25)22-6-4-18(5-7-22)13(24)9-14(18)26-3/h8,13-14,24H,4-7,9-10H2,1-3H3. The molecule has 1 saturated heterocycles. The highest BCUT2D eigenvalue weighted by atomic mass is 16.5. The fourth-order valence-corrected chi connectivity index (χ4v) is 4.41. The minimum absolute atomic E-state index is 0.0212. The van der Waals surface area contributed by atoms with E-state index in [-0.39, 0.29) is 30.0 Å². The predicted octanol–water partition coefficient (Wildman–Crippen LogP) is 0.672. The van der Waals surface area contributed by atoms with Crippen molar-refractivity contribution in [1.82, 2.24) is 24.5 Å². The minimum Gasteiger partial charge on any atom is -0.392 e. The van der Waals surface area contributed by atoms with Gasteiger partial charge in [0.1, 0.15) is 0 Å². The van der Waals surface area contributed by atoms with Gasteiger partial charge in [-0.3, -0.25) is 4.79 Å². The van der Waals surface area contributed by atoms with Crippen molar-refractivity contribution < 1.29 is 14.6 Å². The number of aliphatic hydroxyl groups excluding tert-OH is 1. The zero-order chi connectivity index (χ0) is 18.5. The monoisotopic (exact) mass is 359 g/mol. The second-order valence-electron chi connectivity index (χ2n) is 7.55. The topological polar surface area (TPSA) is 92.9 Å². The van der Waals surface area contributed by atoms with Crippen molar-refractivity contribution >= 4 is 11.7 Å². The van der Waals surface area contributed by atoms with Gasteiger partial charge in [-0.1, -0.05) is 0 Å². The number of hydrogen-bond acceptors (Lipinski definition) is 6. The summed E-state index contributed by atoms with van der Waals surface area (Å²) in [4.78, 5) is 23.3. The number of amides is 1. The minimum atomic E-state index is -0.318. The van der Waals surface area contributed by atoms with Crippen LogP contribution in [0.5, 0.6) is 0 Å². The van der Waals surface area contributed by atoms with E-state index in [1.165, 1.54) is 0 Å². The first-order chi connectivity index (χ1) is 12.4. The second-order valence-corrected chi connectivity index (χ2v) is 7.55. The number of methoxy groups -OCH3 is 1. The van der Waals surface area contributed by atoms with E-state index < -0.39 is 0 Å². The number of aryl methyl sites for hydroxylation is 2. The first kappa shape index (κ1) is 17.4. The molecule has 1 aliphatic carbocycles. The molecule has 0 aromatic carbocycles. The van der Waals surface area contributed by atoms with Crippen LogP contribution in [0.4, 0.5) is 0 Å². The first-order valence-corrected chi connectivity index (χ1v) is 9.11. The Morgan fingerprint density at radius 1 is 1.35 bits per heavy atom. The van der Waals surface area contributed by atoms with Crippen molar-refractivity contribution in [1.29, 1.82) is 0 Å².